The number of hydrogen-bond acceptors (Lipinski definition) is 4. The van der Waals surface area contributed by atoms with Gasteiger partial charge in [-0.1, -0.05) is 0 Å². The molecule has 0 radical (unpaired) electrons. The Kier molecular flexibility index (Phi) is 3.24. The van der Waals surface area contributed by atoms with Gasteiger partial charge in [0.05, 0.1) is 5.69 Å². The number of nitrogens with one attached hydrogen (secondary N) is 1. The maximum atomic E-state index is 11.3. The molecule has 0 aliphatic heterocycles. The molecule has 0 unspecified atom stereocenters. The first-order chi connectivity index (χ1) is 7.70. The molecular formula is C11H17N3O2. The summed E-state index contributed by atoms with van der Waals surface area (Å²) in [6.07, 6.45) is 5.27. The smallest absolute Gasteiger partial charge is 0.236 e. The molecule has 1 amide bonds. The molecule has 0 atom stereocenters. The maximum Gasteiger partial charge on any atom is 0.236 e. The summed E-state index contributed by atoms with van der Waals surface area (Å²) >= 11 is 0. The summed E-state index contributed by atoms with van der Waals surface area (Å²) < 4.78 is 5.39. The number of hydrogen-bond donors (Lipinski definition) is 2. The van der Waals surface area contributed by atoms with E-state index in [1.54, 1.807) is 6.26 Å². The van der Waals surface area contributed by atoms with Crippen molar-refractivity contribution in [2.24, 2.45) is 11.8 Å². The fourth-order valence-electron chi connectivity index (χ4n) is 2.28. The Bertz CT molecular complexity index is 367. The molecule has 3 N–H and O–H groups in total. The van der Waals surface area contributed by atoms with Crippen LogP contribution in [0.1, 0.15) is 43.2 Å². The van der Waals surface area contributed by atoms with E-state index in [1.165, 1.54) is 0 Å². The highest BCUT2D eigenvalue weighted by Crippen LogP contribution is 2.35. The van der Waals surface area contributed by atoms with Gasteiger partial charge in [0.15, 0.2) is 5.89 Å². The fourth-order valence-corrected chi connectivity index (χ4v) is 2.28. The van der Waals surface area contributed by atoms with E-state index in [0.717, 1.165) is 37.3 Å². The van der Waals surface area contributed by atoms with Crippen molar-refractivity contribution in [1.29, 1.82) is 0 Å². The number of amides is 1. The Balaban J connectivity index is 1.92. The molecule has 5 nitrogen and oxygen atoms in total. The summed E-state index contributed by atoms with van der Waals surface area (Å²) in [6, 6.07) is 0. The van der Waals surface area contributed by atoms with E-state index in [0.29, 0.717) is 5.92 Å². The number of oxazole rings is 1. The summed E-state index contributed by atoms with van der Waals surface area (Å²) in [5.41, 5.74) is 3.13. The van der Waals surface area contributed by atoms with E-state index in [4.69, 9.17) is 10.3 Å². The van der Waals surface area contributed by atoms with E-state index in [2.05, 4.69) is 10.4 Å². The van der Waals surface area contributed by atoms with Crippen LogP contribution in [0.2, 0.25) is 0 Å². The van der Waals surface area contributed by atoms with Crippen LogP contribution in [-0.4, -0.2) is 10.9 Å². The van der Waals surface area contributed by atoms with Crippen LogP contribution in [0, 0.1) is 12.8 Å². The van der Waals surface area contributed by atoms with Crippen molar-refractivity contribution in [2.45, 2.75) is 38.5 Å². The highest BCUT2D eigenvalue weighted by atomic mass is 16.3. The highest BCUT2D eigenvalue weighted by Gasteiger charge is 2.28. The highest BCUT2D eigenvalue weighted by molar-refractivity contribution is 5.78. The van der Waals surface area contributed by atoms with Crippen molar-refractivity contribution in [3.05, 3.63) is 17.8 Å². The molecule has 0 bridgehead atoms. The SMILES string of the molecule is Cc1coc([C@H]2CC[C@H](C(=O)NN)CC2)n1. The molecule has 2 rings (SSSR count). The van der Waals surface area contributed by atoms with Crippen molar-refractivity contribution in [1.82, 2.24) is 10.4 Å². The lowest BCUT2D eigenvalue weighted by Gasteiger charge is -2.25. The number of carbonyl (C=O) groups is 1. The lowest BCUT2D eigenvalue weighted by Crippen LogP contribution is -2.37. The quantitative estimate of drug-likeness (QED) is 0.449. The average molecular weight is 223 g/mol. The summed E-state index contributed by atoms with van der Waals surface area (Å²) in [5.74, 6) is 6.29. The number of aromatic nitrogens is 1. The molecule has 0 saturated heterocycles. The molecule has 1 aromatic rings. The van der Waals surface area contributed by atoms with Gasteiger partial charge in [0.1, 0.15) is 6.26 Å². The van der Waals surface area contributed by atoms with Crippen LogP contribution in [0.25, 0.3) is 0 Å². The van der Waals surface area contributed by atoms with Crippen molar-refractivity contribution in [3.8, 4) is 0 Å². The number of nitrogens with two attached hydrogens (primary N) is 1. The Hall–Kier alpha value is -1.36. The Morgan fingerprint density at radius 1 is 1.50 bits per heavy atom. The zero-order valence-electron chi connectivity index (χ0n) is 9.40. The summed E-state index contributed by atoms with van der Waals surface area (Å²) in [4.78, 5) is 15.7. The van der Waals surface area contributed by atoms with Gasteiger partial charge < -0.3 is 4.42 Å². The molecule has 1 aromatic heterocycles. The first-order valence-corrected chi connectivity index (χ1v) is 5.63. The van der Waals surface area contributed by atoms with Gasteiger partial charge >= 0.3 is 0 Å². The summed E-state index contributed by atoms with van der Waals surface area (Å²) in [7, 11) is 0. The number of rotatable bonds is 2. The third kappa shape index (κ3) is 2.24. The second-order valence-corrected chi connectivity index (χ2v) is 4.38. The summed E-state index contributed by atoms with van der Waals surface area (Å²) in [6.45, 7) is 1.92. The van der Waals surface area contributed by atoms with Gasteiger partial charge in [-0.3, -0.25) is 10.2 Å². The first kappa shape index (κ1) is 11.1. The minimum absolute atomic E-state index is 0.0531. The monoisotopic (exact) mass is 223 g/mol. The van der Waals surface area contributed by atoms with Crippen molar-refractivity contribution in [3.63, 3.8) is 0 Å². The minimum atomic E-state index is -0.0537. The lowest BCUT2D eigenvalue weighted by molar-refractivity contribution is -0.126. The largest absolute Gasteiger partial charge is 0.448 e. The second-order valence-electron chi connectivity index (χ2n) is 4.38. The Morgan fingerprint density at radius 2 is 2.19 bits per heavy atom. The molecule has 16 heavy (non-hydrogen) atoms. The predicted molar refractivity (Wildman–Crippen MR) is 58.3 cm³/mol. The molecular weight excluding hydrogens is 206 g/mol. The zero-order chi connectivity index (χ0) is 11.5. The van der Waals surface area contributed by atoms with E-state index < -0.39 is 0 Å². The van der Waals surface area contributed by atoms with Crippen LogP contribution in [0.5, 0.6) is 0 Å². The molecule has 0 aromatic carbocycles. The van der Waals surface area contributed by atoms with E-state index >= 15 is 0 Å². The van der Waals surface area contributed by atoms with Gasteiger partial charge in [-0.05, 0) is 32.6 Å². The van der Waals surface area contributed by atoms with E-state index in [9.17, 15) is 4.79 Å². The molecule has 0 spiro atoms. The average Bonchev–Trinajstić information content (AvgIpc) is 2.75. The van der Waals surface area contributed by atoms with Crippen molar-refractivity contribution in [2.75, 3.05) is 0 Å². The van der Waals surface area contributed by atoms with Gasteiger partial charge in [-0.2, -0.15) is 0 Å². The van der Waals surface area contributed by atoms with Crippen LogP contribution < -0.4 is 11.3 Å². The van der Waals surface area contributed by atoms with E-state index in [-0.39, 0.29) is 11.8 Å². The van der Waals surface area contributed by atoms with Gasteiger partial charge in [0.25, 0.3) is 0 Å². The molecule has 1 aliphatic carbocycles. The van der Waals surface area contributed by atoms with Gasteiger partial charge in [-0.15, -0.1) is 0 Å². The normalized spacial score (nSPS) is 25.4. The Morgan fingerprint density at radius 3 is 2.69 bits per heavy atom. The molecule has 1 aliphatic rings. The number of hydrazine groups is 1. The second kappa shape index (κ2) is 4.65. The first-order valence-electron chi connectivity index (χ1n) is 5.63. The lowest BCUT2D eigenvalue weighted by atomic mass is 9.81. The Labute approximate surface area is 94.4 Å². The molecule has 5 heteroatoms. The summed E-state index contributed by atoms with van der Waals surface area (Å²) in [5, 5.41) is 0. The number of carbonyl (C=O) groups excluding carboxylic acids is 1. The van der Waals surface area contributed by atoms with Gasteiger partial charge in [0, 0.05) is 11.8 Å². The van der Waals surface area contributed by atoms with Gasteiger partial charge in [0.2, 0.25) is 5.91 Å². The minimum Gasteiger partial charge on any atom is -0.448 e. The zero-order valence-corrected chi connectivity index (χ0v) is 9.40. The van der Waals surface area contributed by atoms with Crippen molar-refractivity contribution < 1.29 is 9.21 Å². The van der Waals surface area contributed by atoms with Crippen LogP contribution >= 0.6 is 0 Å². The van der Waals surface area contributed by atoms with Crippen LogP contribution in [0.15, 0.2) is 10.7 Å². The number of aryl methyl sites for hydroxylation is 1. The van der Waals surface area contributed by atoms with Crippen LogP contribution in [0.4, 0.5) is 0 Å². The molecule has 1 fully saturated rings. The van der Waals surface area contributed by atoms with Gasteiger partial charge in [-0.25, -0.2) is 10.8 Å². The molecule has 88 valence electrons. The fraction of sp³-hybridized carbons (Fsp3) is 0.636. The molecule has 1 heterocycles. The standard InChI is InChI=1S/C11H17N3O2/c1-7-6-16-11(13-7)9-4-2-8(3-5-9)10(15)14-12/h6,8-9H,2-5,12H2,1H3,(H,14,15)/t8-,9-. The van der Waals surface area contributed by atoms with Crippen molar-refractivity contribution >= 4 is 5.91 Å². The third-order valence-electron chi connectivity index (χ3n) is 3.23. The number of nitrogens with zero attached hydrogens (tertiary/aromatic N) is 1. The predicted octanol–water partition coefficient (Wildman–Crippen LogP) is 1.25. The van der Waals surface area contributed by atoms with Crippen LogP contribution in [0.3, 0.4) is 0 Å². The third-order valence-corrected chi connectivity index (χ3v) is 3.23. The topological polar surface area (TPSA) is 81.2 Å². The molecule has 1 saturated carbocycles. The maximum absolute atomic E-state index is 11.3. The van der Waals surface area contributed by atoms with Crippen LogP contribution in [-0.2, 0) is 4.79 Å². The van der Waals surface area contributed by atoms with E-state index in [1.807, 2.05) is 6.92 Å².